The Morgan fingerprint density at radius 2 is 1.78 bits per heavy atom. The highest BCUT2D eigenvalue weighted by Crippen LogP contribution is 2.20. The van der Waals surface area contributed by atoms with Gasteiger partial charge in [-0.1, -0.05) is 12.1 Å². The predicted molar refractivity (Wildman–Crippen MR) is 105 cm³/mol. The van der Waals surface area contributed by atoms with Gasteiger partial charge in [0, 0.05) is 13.6 Å². The van der Waals surface area contributed by atoms with Crippen LogP contribution in [0, 0.1) is 0 Å². The van der Waals surface area contributed by atoms with Crippen LogP contribution in [-0.4, -0.2) is 40.8 Å². The summed E-state index contributed by atoms with van der Waals surface area (Å²) in [5.74, 6) is 0.989. The van der Waals surface area contributed by atoms with Gasteiger partial charge in [-0.05, 0) is 48.9 Å². The fourth-order valence-corrected chi connectivity index (χ4v) is 2.76. The molecule has 1 amide bonds. The molecule has 0 heterocycles. The number of amides is 1. The quantitative estimate of drug-likeness (QED) is 0.707. The number of carbonyl (C=O) groups is 1. The lowest BCUT2D eigenvalue weighted by molar-refractivity contribution is -0.123. The molecule has 0 aliphatic rings. The molecule has 0 fully saturated rings. The second kappa shape index (κ2) is 9.27. The standard InChI is InChI=1S/C19H24N2O5S/c1-4-25-18-7-5-6-15(12-18)13-20-19(22)14-26-17-10-8-16(9-11-17)21(2)27(3,23)24/h5-12H,4,13-14H2,1-3H3,(H,20,22). The number of carbonyl (C=O) groups excluding carboxylic acids is 1. The van der Waals surface area contributed by atoms with Crippen molar-refractivity contribution in [1.29, 1.82) is 0 Å². The molecule has 0 aliphatic carbocycles. The maximum absolute atomic E-state index is 12.0. The Morgan fingerprint density at radius 1 is 1.07 bits per heavy atom. The van der Waals surface area contributed by atoms with Gasteiger partial charge >= 0.3 is 0 Å². The SMILES string of the molecule is CCOc1cccc(CNC(=O)COc2ccc(N(C)S(C)(=O)=O)cc2)c1. The molecule has 0 atom stereocenters. The number of nitrogens with zero attached hydrogens (tertiary/aromatic N) is 1. The van der Waals surface area contributed by atoms with Crippen LogP contribution in [0.15, 0.2) is 48.5 Å². The third kappa shape index (κ3) is 6.49. The molecule has 0 radical (unpaired) electrons. The van der Waals surface area contributed by atoms with Gasteiger partial charge in [0.1, 0.15) is 11.5 Å². The maximum atomic E-state index is 12.0. The summed E-state index contributed by atoms with van der Waals surface area (Å²) in [5, 5.41) is 2.78. The molecular formula is C19H24N2O5S. The Morgan fingerprint density at radius 3 is 2.41 bits per heavy atom. The first-order valence-corrected chi connectivity index (χ1v) is 10.3. The lowest BCUT2D eigenvalue weighted by Crippen LogP contribution is -2.28. The Balaban J connectivity index is 1.82. The third-order valence-electron chi connectivity index (χ3n) is 3.77. The molecule has 7 nitrogen and oxygen atoms in total. The van der Waals surface area contributed by atoms with E-state index in [1.165, 1.54) is 11.4 Å². The number of sulfonamides is 1. The van der Waals surface area contributed by atoms with E-state index in [0.29, 0.717) is 24.6 Å². The lowest BCUT2D eigenvalue weighted by atomic mass is 10.2. The van der Waals surface area contributed by atoms with Crippen LogP contribution in [0.1, 0.15) is 12.5 Å². The molecule has 0 saturated carbocycles. The van der Waals surface area contributed by atoms with Crippen LogP contribution in [0.5, 0.6) is 11.5 Å². The minimum absolute atomic E-state index is 0.133. The molecule has 1 N–H and O–H groups in total. The number of benzene rings is 2. The van der Waals surface area contributed by atoms with E-state index in [2.05, 4.69) is 5.32 Å². The lowest BCUT2D eigenvalue weighted by Gasteiger charge is -2.16. The van der Waals surface area contributed by atoms with E-state index in [0.717, 1.165) is 17.6 Å². The van der Waals surface area contributed by atoms with Crippen molar-refractivity contribution in [3.05, 3.63) is 54.1 Å². The van der Waals surface area contributed by atoms with Gasteiger partial charge in [0.25, 0.3) is 5.91 Å². The van der Waals surface area contributed by atoms with Crippen molar-refractivity contribution in [2.75, 3.05) is 30.8 Å². The summed E-state index contributed by atoms with van der Waals surface area (Å²) in [7, 11) is -1.84. The largest absolute Gasteiger partial charge is 0.494 e. The van der Waals surface area contributed by atoms with Crippen molar-refractivity contribution in [2.24, 2.45) is 0 Å². The van der Waals surface area contributed by atoms with Crippen molar-refractivity contribution < 1.29 is 22.7 Å². The topological polar surface area (TPSA) is 84.9 Å². The van der Waals surface area contributed by atoms with Gasteiger partial charge < -0.3 is 14.8 Å². The molecular weight excluding hydrogens is 368 g/mol. The van der Waals surface area contributed by atoms with Crippen LogP contribution in [0.4, 0.5) is 5.69 Å². The van der Waals surface area contributed by atoms with Crippen LogP contribution in [0.3, 0.4) is 0 Å². The fourth-order valence-electron chi connectivity index (χ4n) is 2.26. The van der Waals surface area contributed by atoms with Gasteiger partial charge in [-0.25, -0.2) is 8.42 Å². The number of anilines is 1. The molecule has 0 aliphatic heterocycles. The number of nitrogens with one attached hydrogen (secondary N) is 1. The second-order valence-corrected chi connectivity index (χ2v) is 7.88. The monoisotopic (exact) mass is 392 g/mol. The summed E-state index contributed by atoms with van der Waals surface area (Å²) in [4.78, 5) is 12.0. The summed E-state index contributed by atoms with van der Waals surface area (Å²) < 4.78 is 35.1. The number of ether oxygens (including phenoxy) is 2. The molecule has 0 spiro atoms. The molecule has 8 heteroatoms. The van der Waals surface area contributed by atoms with E-state index < -0.39 is 10.0 Å². The summed E-state index contributed by atoms with van der Waals surface area (Å²) in [6.45, 7) is 2.74. The zero-order chi connectivity index (χ0) is 19.9. The van der Waals surface area contributed by atoms with E-state index >= 15 is 0 Å². The molecule has 2 aromatic carbocycles. The van der Waals surface area contributed by atoms with Gasteiger partial charge in [0.2, 0.25) is 10.0 Å². The van der Waals surface area contributed by atoms with E-state index in [1.54, 1.807) is 24.3 Å². The highest BCUT2D eigenvalue weighted by Gasteiger charge is 2.11. The zero-order valence-corrected chi connectivity index (χ0v) is 16.5. The Bertz CT molecular complexity index is 866. The van der Waals surface area contributed by atoms with E-state index in [-0.39, 0.29) is 12.5 Å². The van der Waals surface area contributed by atoms with Crippen LogP contribution in [0.25, 0.3) is 0 Å². The van der Waals surface area contributed by atoms with Gasteiger partial charge in [0.05, 0.1) is 18.6 Å². The van der Waals surface area contributed by atoms with Gasteiger partial charge in [0.15, 0.2) is 6.61 Å². The minimum Gasteiger partial charge on any atom is -0.494 e. The zero-order valence-electron chi connectivity index (χ0n) is 15.6. The van der Waals surface area contributed by atoms with Crippen molar-refractivity contribution in [3.63, 3.8) is 0 Å². The first-order valence-electron chi connectivity index (χ1n) is 8.45. The molecule has 2 aromatic rings. The smallest absolute Gasteiger partial charge is 0.258 e. The van der Waals surface area contributed by atoms with Crippen LogP contribution < -0.4 is 19.1 Å². The predicted octanol–water partition coefficient (Wildman–Crippen LogP) is 2.18. The van der Waals surface area contributed by atoms with E-state index in [9.17, 15) is 13.2 Å². The summed E-state index contributed by atoms with van der Waals surface area (Å²) in [5.41, 5.74) is 1.45. The Kier molecular flexibility index (Phi) is 7.06. The van der Waals surface area contributed by atoms with Crippen LogP contribution in [0.2, 0.25) is 0 Å². The minimum atomic E-state index is -3.32. The van der Waals surface area contributed by atoms with E-state index in [4.69, 9.17) is 9.47 Å². The molecule has 0 aromatic heterocycles. The first-order chi connectivity index (χ1) is 12.8. The van der Waals surface area contributed by atoms with Crippen molar-refractivity contribution in [2.45, 2.75) is 13.5 Å². The summed E-state index contributed by atoms with van der Waals surface area (Å²) in [6.07, 6.45) is 1.13. The second-order valence-electron chi connectivity index (χ2n) is 5.87. The van der Waals surface area contributed by atoms with Gasteiger partial charge in [-0.2, -0.15) is 0 Å². The highest BCUT2D eigenvalue weighted by atomic mass is 32.2. The molecule has 146 valence electrons. The summed E-state index contributed by atoms with van der Waals surface area (Å²) in [6, 6.07) is 14.0. The Labute approximate surface area is 160 Å². The average molecular weight is 392 g/mol. The number of rotatable bonds is 9. The van der Waals surface area contributed by atoms with Crippen molar-refractivity contribution >= 4 is 21.6 Å². The molecule has 27 heavy (non-hydrogen) atoms. The fraction of sp³-hybridized carbons (Fsp3) is 0.316. The maximum Gasteiger partial charge on any atom is 0.258 e. The van der Waals surface area contributed by atoms with Crippen LogP contribution in [-0.2, 0) is 21.4 Å². The molecule has 2 rings (SSSR count). The van der Waals surface area contributed by atoms with Crippen molar-refractivity contribution in [1.82, 2.24) is 5.32 Å². The van der Waals surface area contributed by atoms with Gasteiger partial charge in [-0.3, -0.25) is 9.10 Å². The van der Waals surface area contributed by atoms with Gasteiger partial charge in [-0.15, -0.1) is 0 Å². The number of hydrogen-bond acceptors (Lipinski definition) is 5. The molecule has 0 unspecified atom stereocenters. The average Bonchev–Trinajstić information content (AvgIpc) is 2.64. The van der Waals surface area contributed by atoms with E-state index in [1.807, 2.05) is 31.2 Å². The Hall–Kier alpha value is -2.74. The summed E-state index contributed by atoms with van der Waals surface area (Å²) >= 11 is 0. The van der Waals surface area contributed by atoms with Crippen LogP contribution >= 0.6 is 0 Å². The normalized spacial score (nSPS) is 10.9. The van der Waals surface area contributed by atoms with Crippen molar-refractivity contribution in [3.8, 4) is 11.5 Å². The third-order valence-corrected chi connectivity index (χ3v) is 4.97. The highest BCUT2D eigenvalue weighted by molar-refractivity contribution is 7.92. The molecule has 0 bridgehead atoms. The molecule has 0 saturated heterocycles. The number of hydrogen-bond donors (Lipinski definition) is 1. The first kappa shape index (κ1) is 20.6.